The summed E-state index contributed by atoms with van der Waals surface area (Å²) < 4.78 is 22.1. The van der Waals surface area contributed by atoms with E-state index in [9.17, 15) is 8.42 Å². The average molecular weight is 288 g/mol. The number of nitrogens with one attached hydrogen (secondary N) is 1. The molecule has 0 aliphatic rings. The first-order valence-corrected chi connectivity index (χ1v) is 6.15. The van der Waals surface area contributed by atoms with E-state index in [1.165, 1.54) is 0 Å². The standard InChI is InChI=1S/C6H15ClN2O2S.2ClH/c7-1-5-12(10,11)6-4-9-3-2-8;;/h9H,1-6,8H2;2*1H. The second-order valence-electron chi connectivity index (χ2n) is 2.38. The average Bonchev–Trinajstić information content (AvgIpc) is 1.98. The molecule has 8 heteroatoms. The Balaban J connectivity index is -0.000000605. The lowest BCUT2D eigenvalue weighted by Crippen LogP contribution is -2.28. The number of rotatable bonds is 7. The molecule has 0 aromatic carbocycles. The van der Waals surface area contributed by atoms with E-state index in [1.807, 2.05) is 0 Å². The maximum Gasteiger partial charge on any atom is 0.152 e. The predicted octanol–water partition coefficient (Wildman–Crippen LogP) is 0.0319. The van der Waals surface area contributed by atoms with Gasteiger partial charge in [0.25, 0.3) is 0 Å². The van der Waals surface area contributed by atoms with E-state index in [4.69, 9.17) is 17.3 Å². The van der Waals surface area contributed by atoms with Gasteiger partial charge in [-0.2, -0.15) is 0 Å². The number of alkyl halides is 1. The molecule has 0 fully saturated rings. The quantitative estimate of drug-likeness (QED) is 0.512. The van der Waals surface area contributed by atoms with Crippen molar-refractivity contribution in [1.82, 2.24) is 5.32 Å². The molecule has 0 aromatic rings. The Bertz CT molecular complexity index is 199. The zero-order valence-electron chi connectivity index (χ0n) is 7.74. The van der Waals surface area contributed by atoms with Gasteiger partial charge in [0.2, 0.25) is 0 Å². The summed E-state index contributed by atoms with van der Waals surface area (Å²) in [6, 6.07) is 0. The highest BCUT2D eigenvalue weighted by atomic mass is 35.5. The molecule has 0 saturated carbocycles. The Morgan fingerprint density at radius 1 is 1.14 bits per heavy atom. The van der Waals surface area contributed by atoms with E-state index in [0.29, 0.717) is 19.6 Å². The second kappa shape index (κ2) is 11.8. The molecular weight excluding hydrogens is 271 g/mol. The van der Waals surface area contributed by atoms with Gasteiger partial charge in [0.1, 0.15) is 0 Å². The molecule has 0 spiro atoms. The molecule has 3 N–H and O–H groups in total. The van der Waals surface area contributed by atoms with Crippen LogP contribution in [0.3, 0.4) is 0 Å². The first-order chi connectivity index (χ1) is 5.62. The van der Waals surface area contributed by atoms with Crippen molar-refractivity contribution in [3.05, 3.63) is 0 Å². The highest BCUT2D eigenvalue weighted by Gasteiger charge is 2.07. The van der Waals surface area contributed by atoms with Crippen molar-refractivity contribution < 1.29 is 8.42 Å². The van der Waals surface area contributed by atoms with Gasteiger partial charge in [-0.05, 0) is 0 Å². The molecule has 0 aliphatic carbocycles. The van der Waals surface area contributed by atoms with Gasteiger partial charge in [-0.1, -0.05) is 0 Å². The van der Waals surface area contributed by atoms with Crippen LogP contribution >= 0.6 is 36.4 Å². The lowest BCUT2D eigenvalue weighted by Gasteiger charge is -2.02. The molecule has 0 saturated heterocycles. The minimum atomic E-state index is -2.95. The van der Waals surface area contributed by atoms with Gasteiger partial charge in [-0.25, -0.2) is 8.42 Å². The van der Waals surface area contributed by atoms with Crippen molar-refractivity contribution >= 4 is 46.3 Å². The van der Waals surface area contributed by atoms with Gasteiger partial charge in [-0.3, -0.25) is 0 Å². The molecule has 0 radical (unpaired) electrons. The van der Waals surface area contributed by atoms with Crippen molar-refractivity contribution in [2.45, 2.75) is 0 Å². The topological polar surface area (TPSA) is 72.2 Å². The van der Waals surface area contributed by atoms with E-state index in [2.05, 4.69) is 5.32 Å². The maximum atomic E-state index is 11.0. The SMILES string of the molecule is Cl.Cl.NCCNCCS(=O)(=O)CCCl. The van der Waals surface area contributed by atoms with E-state index in [0.717, 1.165) is 0 Å². The summed E-state index contributed by atoms with van der Waals surface area (Å²) in [6.07, 6.45) is 0. The molecule has 4 nitrogen and oxygen atoms in total. The fourth-order valence-electron chi connectivity index (χ4n) is 0.674. The van der Waals surface area contributed by atoms with Crippen LogP contribution < -0.4 is 11.1 Å². The van der Waals surface area contributed by atoms with E-state index in [1.54, 1.807) is 0 Å². The first kappa shape index (κ1) is 20.2. The summed E-state index contributed by atoms with van der Waals surface area (Å²) in [6.45, 7) is 1.63. The van der Waals surface area contributed by atoms with Crippen LogP contribution in [0.4, 0.5) is 0 Å². The Labute approximate surface area is 103 Å². The van der Waals surface area contributed by atoms with Crippen LogP contribution in [0.1, 0.15) is 0 Å². The summed E-state index contributed by atoms with van der Waals surface area (Å²) in [5, 5.41) is 2.90. The van der Waals surface area contributed by atoms with Crippen LogP contribution in [0.2, 0.25) is 0 Å². The molecule has 90 valence electrons. The van der Waals surface area contributed by atoms with Gasteiger partial charge in [0.15, 0.2) is 9.84 Å². The molecule has 0 aromatic heterocycles. The van der Waals surface area contributed by atoms with Gasteiger partial charge >= 0.3 is 0 Å². The summed E-state index contributed by atoms with van der Waals surface area (Å²) in [4.78, 5) is 0. The van der Waals surface area contributed by atoms with Crippen LogP contribution in [0.15, 0.2) is 0 Å². The van der Waals surface area contributed by atoms with Crippen LogP contribution in [0.25, 0.3) is 0 Å². The number of sulfone groups is 1. The lowest BCUT2D eigenvalue weighted by atomic mass is 10.6. The van der Waals surface area contributed by atoms with Crippen molar-refractivity contribution in [2.24, 2.45) is 5.73 Å². The number of hydrogen-bond donors (Lipinski definition) is 2. The molecule has 0 unspecified atom stereocenters. The minimum absolute atomic E-state index is 0. The van der Waals surface area contributed by atoms with E-state index >= 15 is 0 Å². The van der Waals surface area contributed by atoms with Gasteiger partial charge < -0.3 is 11.1 Å². The summed E-state index contributed by atoms with van der Waals surface area (Å²) in [5.41, 5.74) is 5.20. The van der Waals surface area contributed by atoms with E-state index < -0.39 is 9.84 Å². The van der Waals surface area contributed by atoms with Crippen molar-refractivity contribution in [3.63, 3.8) is 0 Å². The zero-order chi connectivity index (χ0) is 9.45. The fraction of sp³-hybridized carbons (Fsp3) is 1.00. The van der Waals surface area contributed by atoms with Crippen LogP contribution in [-0.4, -0.2) is 45.4 Å². The Morgan fingerprint density at radius 2 is 1.71 bits per heavy atom. The monoisotopic (exact) mass is 286 g/mol. The largest absolute Gasteiger partial charge is 0.329 e. The summed E-state index contributed by atoms with van der Waals surface area (Å²) in [5.74, 6) is 0.359. The molecule has 0 aliphatic heterocycles. The second-order valence-corrected chi connectivity index (χ2v) is 5.06. The molecule has 0 bridgehead atoms. The number of hydrogen-bond acceptors (Lipinski definition) is 4. The zero-order valence-corrected chi connectivity index (χ0v) is 10.9. The number of nitrogens with two attached hydrogens (primary N) is 1. The molecule has 14 heavy (non-hydrogen) atoms. The smallest absolute Gasteiger partial charge is 0.152 e. The van der Waals surface area contributed by atoms with Crippen LogP contribution in [0, 0.1) is 0 Å². The lowest BCUT2D eigenvalue weighted by molar-refractivity contribution is 0.592. The third-order valence-electron chi connectivity index (χ3n) is 1.30. The summed E-state index contributed by atoms with van der Waals surface area (Å²) in [7, 11) is -2.95. The van der Waals surface area contributed by atoms with Crippen LogP contribution in [-0.2, 0) is 9.84 Å². The van der Waals surface area contributed by atoms with Crippen molar-refractivity contribution in [1.29, 1.82) is 0 Å². The summed E-state index contributed by atoms with van der Waals surface area (Å²) >= 11 is 5.31. The van der Waals surface area contributed by atoms with Gasteiger partial charge in [0, 0.05) is 25.5 Å². The molecule has 0 amide bonds. The minimum Gasteiger partial charge on any atom is -0.329 e. The van der Waals surface area contributed by atoms with Crippen molar-refractivity contribution in [2.75, 3.05) is 37.0 Å². The number of halogens is 3. The van der Waals surface area contributed by atoms with E-state index in [-0.39, 0.29) is 42.2 Å². The first-order valence-electron chi connectivity index (χ1n) is 3.79. The normalized spacial score (nSPS) is 10.1. The molecule has 0 rings (SSSR count). The predicted molar refractivity (Wildman–Crippen MR) is 65.8 cm³/mol. The third-order valence-corrected chi connectivity index (χ3v) is 3.36. The van der Waals surface area contributed by atoms with Gasteiger partial charge in [0.05, 0.1) is 11.5 Å². The Morgan fingerprint density at radius 3 is 2.14 bits per heavy atom. The third kappa shape index (κ3) is 12.7. The highest BCUT2D eigenvalue weighted by Crippen LogP contribution is 1.90. The maximum absolute atomic E-state index is 11.0. The van der Waals surface area contributed by atoms with Gasteiger partial charge in [-0.15, -0.1) is 36.4 Å². The molecular formula is C6H17Cl3N2O2S. The van der Waals surface area contributed by atoms with Crippen molar-refractivity contribution in [3.8, 4) is 0 Å². The van der Waals surface area contributed by atoms with Crippen LogP contribution in [0.5, 0.6) is 0 Å². The molecule has 0 heterocycles. The molecule has 0 atom stereocenters. The Hall–Kier alpha value is 0.740. The fourth-order valence-corrected chi connectivity index (χ4v) is 2.27. The highest BCUT2D eigenvalue weighted by molar-refractivity contribution is 7.91. The Kier molecular flexibility index (Phi) is 17.0.